The van der Waals surface area contributed by atoms with Crippen LogP contribution < -0.4 is 5.30 Å². The molecule has 0 unspecified atom stereocenters. The molecule has 1 heterocycles. The Morgan fingerprint density at radius 2 is 1.40 bits per heavy atom. The van der Waals surface area contributed by atoms with Gasteiger partial charge < -0.3 is 0 Å². The Bertz CT molecular complexity index is 956. The van der Waals surface area contributed by atoms with Crippen LogP contribution in [0.3, 0.4) is 0 Å². The summed E-state index contributed by atoms with van der Waals surface area (Å²) < 4.78 is 67.9. The molecule has 2 aromatic rings. The Kier molecular flexibility index (Phi) is 3.91. The van der Waals surface area contributed by atoms with Crippen LogP contribution in [-0.4, -0.2) is 20.6 Å². The van der Waals surface area contributed by atoms with E-state index in [2.05, 4.69) is 0 Å². The van der Waals surface area contributed by atoms with Gasteiger partial charge in [-0.05, 0) is 0 Å². The number of hydrogen-bond donors (Lipinski definition) is 0. The zero-order valence-electron chi connectivity index (χ0n) is 13.5. The monoisotopic (exact) mass is 388 g/mol. The van der Waals surface area contributed by atoms with Crippen molar-refractivity contribution in [1.29, 1.82) is 0 Å². The Morgan fingerprint density at radius 1 is 0.920 bits per heavy atom. The second-order valence-electron chi connectivity index (χ2n) is 6.07. The molecule has 0 aromatic heterocycles. The quantitative estimate of drug-likeness (QED) is 0.564. The molecule has 8 heteroatoms. The Labute approximate surface area is 144 Å². The molecule has 0 saturated heterocycles. The first kappa shape index (κ1) is 18.1. The summed E-state index contributed by atoms with van der Waals surface area (Å²) in [6, 6.07) is 17.0. The molecule has 134 valence electrons. The maximum atomic E-state index is 13.0. The van der Waals surface area contributed by atoms with E-state index in [-0.39, 0.29) is 0 Å². The van der Waals surface area contributed by atoms with Gasteiger partial charge in [-0.3, -0.25) is 0 Å². The van der Waals surface area contributed by atoms with Gasteiger partial charge in [0.05, 0.1) is 0 Å². The average Bonchev–Trinajstić information content (AvgIpc) is 3.04. The normalized spacial score (nSPS) is 20.6. The molecular formula is C17H16F3O3PS. The minimum atomic E-state index is -5.76. The van der Waals surface area contributed by atoms with E-state index in [1.165, 1.54) is 6.66 Å². The molecule has 3 rings (SSSR count). The first-order chi connectivity index (χ1) is 11.5. The molecule has 2 aromatic carbocycles. The van der Waals surface area contributed by atoms with Gasteiger partial charge in [-0.1, -0.05) is 0 Å². The van der Waals surface area contributed by atoms with Gasteiger partial charge in [0.25, 0.3) is 0 Å². The molecule has 0 amide bonds. The number of allylic oxidation sites excluding steroid dienone is 1. The van der Waals surface area contributed by atoms with Crippen LogP contribution in [-0.2, 0) is 14.1 Å². The molecular weight excluding hydrogens is 372 g/mol. The van der Waals surface area contributed by atoms with Gasteiger partial charge >= 0.3 is 144 Å². The van der Waals surface area contributed by atoms with Gasteiger partial charge in [0.2, 0.25) is 0 Å². The summed E-state index contributed by atoms with van der Waals surface area (Å²) in [5.74, 6) is 0. The summed E-state index contributed by atoms with van der Waals surface area (Å²) in [7, 11) is -5.76. The molecule has 0 N–H and O–H groups in total. The van der Waals surface area contributed by atoms with Crippen LogP contribution in [0, 0.1) is 0 Å². The predicted molar refractivity (Wildman–Crippen MR) is 94.0 cm³/mol. The van der Waals surface area contributed by atoms with Gasteiger partial charge in [-0.25, -0.2) is 0 Å². The van der Waals surface area contributed by atoms with E-state index >= 15 is 0 Å². The molecule has 0 fully saturated rings. The van der Waals surface area contributed by atoms with Gasteiger partial charge in [0, 0.05) is 0 Å². The molecule has 0 atom stereocenters. The van der Waals surface area contributed by atoms with E-state index < -0.39 is 22.5 Å². The van der Waals surface area contributed by atoms with Crippen molar-refractivity contribution in [3.05, 3.63) is 71.5 Å². The van der Waals surface area contributed by atoms with E-state index in [1.54, 1.807) is 67.6 Å². The van der Waals surface area contributed by atoms with Crippen LogP contribution in [0.25, 0.3) is 5.31 Å². The molecule has 0 spiro atoms. The first-order valence-electron chi connectivity index (χ1n) is 7.39. The van der Waals surface area contributed by atoms with Crippen LogP contribution in [0.5, 0.6) is 0 Å². The number of hydrogen-bond acceptors (Lipinski definition) is 3. The molecule has 0 bridgehead atoms. The number of benzene rings is 2. The van der Waals surface area contributed by atoms with Gasteiger partial charge in [0.1, 0.15) is 0 Å². The van der Waals surface area contributed by atoms with Crippen molar-refractivity contribution in [1.82, 2.24) is 0 Å². The zero-order chi connectivity index (χ0) is 18.5. The molecule has 1 aliphatic heterocycles. The standard InChI is InChI=1S/C17H16F3O3PS/c1-13-16(14-9-5-3-6-10-14)24(13,2,15-11-7-4-8-12-15)23-25(21,22)17(18,19)20/h3-12H,1-2H3. The zero-order valence-corrected chi connectivity index (χ0v) is 15.2. The Balaban J connectivity index is 2.21. The van der Waals surface area contributed by atoms with Crippen LogP contribution >= 0.6 is 6.83 Å². The summed E-state index contributed by atoms with van der Waals surface area (Å²) in [6.07, 6.45) is 0. The molecule has 25 heavy (non-hydrogen) atoms. The molecule has 0 aliphatic carbocycles. The summed E-state index contributed by atoms with van der Waals surface area (Å²) >= 11 is 0. The summed E-state index contributed by atoms with van der Waals surface area (Å²) in [4.78, 5) is 0. The van der Waals surface area contributed by atoms with E-state index in [0.29, 0.717) is 21.5 Å². The fraction of sp³-hybridized carbons (Fsp3) is 0.176. The van der Waals surface area contributed by atoms with Crippen molar-refractivity contribution in [2.45, 2.75) is 12.4 Å². The topological polar surface area (TPSA) is 43.4 Å². The Hall–Kier alpha value is -1.69. The second kappa shape index (κ2) is 5.40. The van der Waals surface area contributed by atoms with E-state index in [0.717, 1.165) is 0 Å². The van der Waals surface area contributed by atoms with Crippen molar-refractivity contribution in [2.24, 2.45) is 0 Å². The van der Waals surface area contributed by atoms with E-state index in [4.69, 9.17) is 3.97 Å². The maximum absolute atomic E-state index is 13.0. The summed E-state index contributed by atoms with van der Waals surface area (Å²) in [6.45, 7) is -0.885. The van der Waals surface area contributed by atoms with Gasteiger partial charge in [0.15, 0.2) is 0 Å². The second-order valence-corrected chi connectivity index (χ2v) is 12.6. The minimum absolute atomic E-state index is 0.456. The third-order valence-corrected chi connectivity index (χ3v) is 12.3. The van der Waals surface area contributed by atoms with E-state index in [1.807, 2.05) is 0 Å². The van der Waals surface area contributed by atoms with Crippen molar-refractivity contribution in [3.63, 3.8) is 0 Å². The number of halogens is 3. The Morgan fingerprint density at radius 3 is 1.88 bits per heavy atom. The summed E-state index contributed by atoms with van der Waals surface area (Å²) in [5, 5.41) is 1.56. The van der Waals surface area contributed by atoms with Gasteiger partial charge in [-0.2, -0.15) is 0 Å². The first-order valence-corrected chi connectivity index (χ1v) is 11.4. The SMILES string of the molecule is CC1=C(c2ccccc2)P1(C)(OS(=O)(=O)C(F)(F)F)c1ccccc1. The van der Waals surface area contributed by atoms with Crippen LogP contribution in [0.4, 0.5) is 13.2 Å². The predicted octanol–water partition coefficient (Wildman–Crippen LogP) is 4.68. The van der Waals surface area contributed by atoms with Crippen molar-refractivity contribution < 1.29 is 25.6 Å². The fourth-order valence-electron chi connectivity index (χ4n) is 3.20. The van der Waals surface area contributed by atoms with Crippen molar-refractivity contribution in [3.8, 4) is 0 Å². The third-order valence-electron chi connectivity index (χ3n) is 4.63. The number of rotatable bonds is 4. The van der Waals surface area contributed by atoms with Crippen LogP contribution in [0.15, 0.2) is 66.0 Å². The van der Waals surface area contributed by atoms with Crippen LogP contribution in [0.2, 0.25) is 0 Å². The van der Waals surface area contributed by atoms with Crippen molar-refractivity contribution >= 4 is 27.6 Å². The third kappa shape index (κ3) is 2.53. The average molecular weight is 388 g/mol. The molecule has 0 radical (unpaired) electrons. The fourth-order valence-corrected chi connectivity index (χ4v) is 10.7. The van der Waals surface area contributed by atoms with Crippen LogP contribution in [0.1, 0.15) is 12.5 Å². The molecule has 1 aliphatic rings. The number of alkyl halides is 3. The molecule has 0 saturated carbocycles. The molecule has 3 nitrogen and oxygen atoms in total. The van der Waals surface area contributed by atoms with E-state index in [9.17, 15) is 21.6 Å². The van der Waals surface area contributed by atoms with Gasteiger partial charge in [-0.15, -0.1) is 0 Å². The summed E-state index contributed by atoms with van der Waals surface area (Å²) in [5.41, 5.74) is -4.81. The van der Waals surface area contributed by atoms with Crippen molar-refractivity contribution in [2.75, 3.05) is 6.66 Å².